The van der Waals surface area contributed by atoms with Crippen molar-refractivity contribution in [1.82, 2.24) is 14.8 Å². The van der Waals surface area contributed by atoms with E-state index in [4.69, 9.17) is 4.74 Å². The number of nitrogens with one attached hydrogen (secondary N) is 1. The van der Waals surface area contributed by atoms with Crippen LogP contribution in [0.25, 0.3) is 11.1 Å². The van der Waals surface area contributed by atoms with Crippen LogP contribution in [0.15, 0.2) is 35.5 Å². The predicted molar refractivity (Wildman–Crippen MR) is 125 cm³/mol. The van der Waals surface area contributed by atoms with Crippen molar-refractivity contribution in [3.05, 3.63) is 46.6 Å². The van der Waals surface area contributed by atoms with E-state index in [0.29, 0.717) is 10.6 Å². The Morgan fingerprint density at radius 2 is 1.94 bits per heavy atom. The average molecular weight is 459 g/mol. The maximum atomic E-state index is 12.7. The van der Waals surface area contributed by atoms with Gasteiger partial charge in [-0.1, -0.05) is 55.9 Å². The number of carbonyl (C=O) groups is 2. The minimum Gasteiger partial charge on any atom is -0.465 e. The molecule has 0 unspecified atom stereocenters. The van der Waals surface area contributed by atoms with Crippen LogP contribution in [0.5, 0.6) is 0 Å². The van der Waals surface area contributed by atoms with Gasteiger partial charge in [0.15, 0.2) is 5.16 Å². The van der Waals surface area contributed by atoms with Crippen LogP contribution in [-0.2, 0) is 22.5 Å². The molecule has 3 aromatic rings. The highest BCUT2D eigenvalue weighted by molar-refractivity contribution is 7.99. The van der Waals surface area contributed by atoms with Gasteiger partial charge in [0, 0.05) is 23.4 Å². The molecule has 0 radical (unpaired) electrons. The van der Waals surface area contributed by atoms with Crippen molar-refractivity contribution in [2.24, 2.45) is 0 Å². The molecule has 1 amide bonds. The Bertz CT molecular complexity index is 1060. The zero-order valence-electron chi connectivity index (χ0n) is 18.1. The number of ether oxygens (including phenoxy) is 1. The van der Waals surface area contributed by atoms with Gasteiger partial charge in [-0.3, -0.25) is 4.79 Å². The highest BCUT2D eigenvalue weighted by Crippen LogP contribution is 2.40. The Kier molecular flexibility index (Phi) is 7.86. The number of aromatic nitrogens is 3. The van der Waals surface area contributed by atoms with Crippen molar-refractivity contribution in [1.29, 1.82) is 0 Å². The fourth-order valence-corrected chi connectivity index (χ4v) is 5.17. The zero-order chi connectivity index (χ0) is 22.4. The molecule has 2 aromatic heterocycles. The summed E-state index contributed by atoms with van der Waals surface area (Å²) in [4.78, 5) is 26.2. The molecular weight excluding hydrogens is 432 g/mol. The van der Waals surface area contributed by atoms with E-state index in [1.165, 1.54) is 30.2 Å². The second kappa shape index (κ2) is 10.6. The summed E-state index contributed by atoms with van der Waals surface area (Å²) < 4.78 is 7.07. The molecule has 0 aliphatic rings. The van der Waals surface area contributed by atoms with Crippen LogP contribution in [0.2, 0.25) is 0 Å². The standard InChI is InChI=1S/C22H26N4O3S2/c1-5-12-26-16(6-2)24-25-22(26)30-13-17(27)23-20-19(21(28)29-4)18(14(3)31-20)15-10-8-7-9-11-15/h7-11H,5-6,12-13H2,1-4H3,(H,23,27). The lowest BCUT2D eigenvalue weighted by atomic mass is 10.0. The quantitative estimate of drug-likeness (QED) is 0.366. The van der Waals surface area contributed by atoms with Crippen molar-refractivity contribution in [3.8, 4) is 11.1 Å². The Morgan fingerprint density at radius 3 is 2.58 bits per heavy atom. The molecule has 0 fully saturated rings. The molecule has 0 aliphatic heterocycles. The number of thiophene rings is 1. The van der Waals surface area contributed by atoms with Gasteiger partial charge in [0.2, 0.25) is 5.91 Å². The molecule has 0 aliphatic carbocycles. The molecule has 164 valence electrons. The van der Waals surface area contributed by atoms with Crippen LogP contribution in [0.4, 0.5) is 5.00 Å². The zero-order valence-corrected chi connectivity index (χ0v) is 19.7. The van der Waals surface area contributed by atoms with E-state index in [9.17, 15) is 9.59 Å². The number of benzene rings is 1. The minimum atomic E-state index is -0.471. The number of esters is 1. The Morgan fingerprint density at radius 1 is 1.19 bits per heavy atom. The van der Waals surface area contributed by atoms with E-state index < -0.39 is 5.97 Å². The van der Waals surface area contributed by atoms with Crippen molar-refractivity contribution in [2.45, 2.75) is 45.3 Å². The van der Waals surface area contributed by atoms with Crippen LogP contribution in [-0.4, -0.2) is 39.5 Å². The molecule has 3 rings (SSSR count). The summed E-state index contributed by atoms with van der Waals surface area (Å²) in [6.07, 6.45) is 1.75. The van der Waals surface area contributed by atoms with Crippen LogP contribution in [0.3, 0.4) is 0 Å². The van der Waals surface area contributed by atoms with Crippen LogP contribution in [0, 0.1) is 6.92 Å². The summed E-state index contributed by atoms with van der Waals surface area (Å²) in [5.74, 6) is 0.407. The molecule has 9 heteroatoms. The maximum absolute atomic E-state index is 12.7. The molecular formula is C22H26N4O3S2. The van der Waals surface area contributed by atoms with Crippen LogP contribution >= 0.6 is 23.1 Å². The topological polar surface area (TPSA) is 86.1 Å². The molecule has 0 spiro atoms. The smallest absolute Gasteiger partial charge is 0.341 e. The summed E-state index contributed by atoms with van der Waals surface area (Å²) in [6.45, 7) is 6.88. The Hall–Kier alpha value is -2.65. The van der Waals surface area contributed by atoms with Crippen molar-refractivity contribution in [2.75, 3.05) is 18.2 Å². The molecule has 7 nitrogen and oxygen atoms in total. The van der Waals surface area contributed by atoms with Gasteiger partial charge in [-0.2, -0.15) is 0 Å². The lowest BCUT2D eigenvalue weighted by Crippen LogP contribution is -2.16. The average Bonchev–Trinajstić information content (AvgIpc) is 3.32. The van der Waals surface area contributed by atoms with Crippen molar-refractivity contribution < 1.29 is 14.3 Å². The number of methoxy groups -OCH3 is 1. The van der Waals surface area contributed by atoms with E-state index in [2.05, 4.69) is 27.0 Å². The van der Waals surface area contributed by atoms with Gasteiger partial charge in [0.25, 0.3) is 0 Å². The van der Waals surface area contributed by atoms with E-state index in [1.807, 2.05) is 44.2 Å². The van der Waals surface area contributed by atoms with Gasteiger partial charge >= 0.3 is 5.97 Å². The highest BCUT2D eigenvalue weighted by atomic mass is 32.2. The largest absolute Gasteiger partial charge is 0.465 e. The monoisotopic (exact) mass is 458 g/mol. The third kappa shape index (κ3) is 5.16. The van der Waals surface area contributed by atoms with Gasteiger partial charge in [-0.25, -0.2) is 4.79 Å². The number of rotatable bonds is 9. The summed E-state index contributed by atoms with van der Waals surface area (Å²) in [5, 5.41) is 12.6. The molecule has 0 saturated heterocycles. The summed E-state index contributed by atoms with van der Waals surface area (Å²) >= 11 is 2.72. The van der Waals surface area contributed by atoms with Gasteiger partial charge in [0.1, 0.15) is 16.4 Å². The molecule has 1 aromatic carbocycles. The fraction of sp³-hybridized carbons (Fsp3) is 0.364. The van der Waals surface area contributed by atoms with Crippen molar-refractivity contribution >= 4 is 40.0 Å². The summed E-state index contributed by atoms with van der Waals surface area (Å²) in [6, 6.07) is 9.63. The SMILES string of the molecule is CCCn1c(CC)nnc1SCC(=O)Nc1sc(C)c(-c2ccccc2)c1C(=O)OC. The number of hydrogen-bond acceptors (Lipinski definition) is 7. The second-order valence-corrected chi connectivity index (χ2v) is 9.00. The fourth-order valence-electron chi connectivity index (χ4n) is 3.31. The first-order valence-corrected chi connectivity index (χ1v) is 11.9. The normalized spacial score (nSPS) is 10.8. The third-order valence-corrected chi connectivity index (χ3v) is 6.67. The number of carbonyl (C=O) groups excluding carboxylic acids is 2. The highest BCUT2D eigenvalue weighted by Gasteiger charge is 2.25. The molecule has 1 N–H and O–H groups in total. The van der Waals surface area contributed by atoms with E-state index in [1.54, 1.807) is 0 Å². The van der Waals surface area contributed by atoms with Crippen molar-refractivity contribution in [3.63, 3.8) is 0 Å². The number of nitrogens with zero attached hydrogens (tertiary/aromatic N) is 3. The minimum absolute atomic E-state index is 0.170. The van der Waals surface area contributed by atoms with Gasteiger partial charge in [0.05, 0.1) is 12.9 Å². The van der Waals surface area contributed by atoms with Crippen LogP contribution < -0.4 is 5.32 Å². The Labute approximate surface area is 190 Å². The second-order valence-electron chi connectivity index (χ2n) is 6.84. The predicted octanol–water partition coefficient (Wildman–Crippen LogP) is 4.80. The molecule has 0 bridgehead atoms. The number of thioether (sulfide) groups is 1. The van der Waals surface area contributed by atoms with E-state index in [-0.39, 0.29) is 11.7 Å². The molecule has 2 heterocycles. The first-order valence-electron chi connectivity index (χ1n) is 10.1. The number of hydrogen-bond donors (Lipinski definition) is 1. The van der Waals surface area contributed by atoms with E-state index in [0.717, 1.165) is 46.4 Å². The van der Waals surface area contributed by atoms with E-state index >= 15 is 0 Å². The molecule has 0 saturated carbocycles. The van der Waals surface area contributed by atoms with Gasteiger partial charge < -0.3 is 14.6 Å². The lowest BCUT2D eigenvalue weighted by molar-refractivity contribution is -0.113. The maximum Gasteiger partial charge on any atom is 0.341 e. The third-order valence-electron chi connectivity index (χ3n) is 4.68. The van der Waals surface area contributed by atoms with Gasteiger partial charge in [-0.15, -0.1) is 21.5 Å². The first-order chi connectivity index (χ1) is 15.0. The number of amides is 1. The summed E-state index contributed by atoms with van der Waals surface area (Å²) in [7, 11) is 1.34. The lowest BCUT2D eigenvalue weighted by Gasteiger charge is -2.09. The summed E-state index contributed by atoms with van der Waals surface area (Å²) in [5.41, 5.74) is 2.08. The van der Waals surface area contributed by atoms with Gasteiger partial charge in [-0.05, 0) is 18.9 Å². The number of aryl methyl sites for hydroxylation is 2. The Balaban J connectivity index is 1.81. The molecule has 0 atom stereocenters. The molecule has 31 heavy (non-hydrogen) atoms. The first kappa shape index (κ1) is 23.0. The number of anilines is 1. The van der Waals surface area contributed by atoms with Crippen LogP contribution in [0.1, 0.15) is 41.3 Å².